The fraction of sp³-hybridized carbons (Fsp3) is 0.816. The van der Waals surface area contributed by atoms with Gasteiger partial charge in [-0.1, -0.05) is 241 Å². The fourth-order valence-electron chi connectivity index (χ4n) is 13.9. The number of aryl methyl sites for hydroxylation is 4. The molecule has 1 aliphatic heterocycles. The molecule has 524 valence electrons. The second-order valence-corrected chi connectivity index (χ2v) is 30.1. The number of hydrogen-bond donors (Lipinski definition) is 0. The molecule has 1 heterocycles. The van der Waals surface area contributed by atoms with Crippen LogP contribution in [0.2, 0.25) is 10.8 Å². The Balaban J connectivity index is 0.000000638. The average molecular weight is 1290 g/mol. The van der Waals surface area contributed by atoms with Crippen LogP contribution in [-0.2, 0) is 40.1 Å². The molecule has 0 amide bonds. The maximum atomic E-state index is 12.7. The summed E-state index contributed by atoms with van der Waals surface area (Å²) in [5.74, 6) is 0. The summed E-state index contributed by atoms with van der Waals surface area (Å²) in [6.45, 7) is 18.4. The minimum atomic E-state index is 1.05. The number of allylic oxidation sites excluding steroid dienone is 2. The summed E-state index contributed by atoms with van der Waals surface area (Å²) in [7, 11) is 0. The van der Waals surface area contributed by atoms with E-state index in [2.05, 4.69) is 91.8 Å². The van der Waals surface area contributed by atoms with Crippen LogP contribution in [0.3, 0.4) is 0 Å². The molecule has 90 heavy (non-hydrogen) atoms. The van der Waals surface area contributed by atoms with Crippen molar-refractivity contribution >= 4 is 11.4 Å². The third-order valence-corrected chi connectivity index (χ3v) is 21.1. The van der Waals surface area contributed by atoms with E-state index < -0.39 is 0 Å². The van der Waals surface area contributed by atoms with Crippen LogP contribution in [0.25, 0.3) is 16.9 Å². The van der Waals surface area contributed by atoms with E-state index in [-0.39, 0.29) is 0 Å². The Morgan fingerprint density at radius 1 is 0.222 bits per heavy atom. The third-order valence-electron chi connectivity index (χ3n) is 19.8. The Morgan fingerprint density at radius 2 is 0.411 bits per heavy atom. The van der Waals surface area contributed by atoms with E-state index in [0.717, 1.165) is 49.9 Å². The zero-order valence-corrected chi connectivity index (χ0v) is 63.2. The van der Waals surface area contributed by atoms with Gasteiger partial charge in [-0.3, -0.25) is 0 Å². The molecule has 3 rings (SSSR count). The minimum Gasteiger partial charge on any atom is -0.0654 e. The van der Waals surface area contributed by atoms with Crippen LogP contribution in [0.5, 0.6) is 0 Å². The van der Waals surface area contributed by atoms with Gasteiger partial charge in [0.25, 0.3) is 0 Å². The number of benzene rings is 2. The van der Waals surface area contributed by atoms with Crippen LogP contribution in [0.1, 0.15) is 455 Å². The second-order valence-electron chi connectivity index (χ2n) is 28.6. The van der Waals surface area contributed by atoms with E-state index in [0.29, 0.717) is 0 Å². The van der Waals surface area contributed by atoms with Crippen LogP contribution < -0.4 is 0 Å². The first-order valence-electron chi connectivity index (χ1n) is 41.1. The van der Waals surface area contributed by atoms with Gasteiger partial charge in [-0.05, 0) is 124 Å². The molecule has 2 aromatic rings. The summed E-state index contributed by atoms with van der Waals surface area (Å²) >= 11 is 2.05. The molecule has 0 aliphatic carbocycles. The standard InChI is InChI=1S/C49H78N2.2C19H39.Ni/c1-7-13-19-21-23-25-27-33-47-46(32-26-24-22-20-14-8-2)48(44-36-40(28-15-9-3)34-41(37-44)29-16-10-4)51(50)49(47)45-38-42(30-17-11-5)35-43(39-45)31-18-12-6;2*1-3-5-7-9-11-13-15-17-19-18-16-14-12-10-8-6-4-2;/h34-39H,7-33H2,1-6H3;2*1,3-19H2,2H3;. The van der Waals surface area contributed by atoms with Gasteiger partial charge in [-0.2, -0.15) is 0 Å². The summed E-state index contributed by atoms with van der Waals surface area (Å²) in [5, 5.41) is 2.87. The van der Waals surface area contributed by atoms with Crippen molar-refractivity contribution in [2.75, 3.05) is 0 Å². The first kappa shape index (κ1) is 84.1. The SMILES string of the molecule is CCCCCCCCCC1=C(c2cc(CCCC)cc(CCCC)c2)[N+](=[N-])C(c2cc(CCCC)cc(CCCC)c2)=C1CCCCCCCC.CCCCCCCCCCCCCCCCCC[CH2][Ni][CH2]CCCCCCCCCCCCCCCCCC. The summed E-state index contributed by atoms with van der Waals surface area (Å²) in [6, 6.07) is 14.7. The van der Waals surface area contributed by atoms with Gasteiger partial charge in [0.1, 0.15) is 0 Å². The van der Waals surface area contributed by atoms with Gasteiger partial charge < -0.3 is 5.53 Å². The quantitative estimate of drug-likeness (QED) is 0.0358. The van der Waals surface area contributed by atoms with Crippen molar-refractivity contribution in [2.24, 2.45) is 0 Å². The van der Waals surface area contributed by atoms with E-state index in [1.807, 2.05) is 14.4 Å². The van der Waals surface area contributed by atoms with E-state index in [4.69, 9.17) is 0 Å². The van der Waals surface area contributed by atoms with Crippen molar-refractivity contribution in [2.45, 2.75) is 458 Å². The molecule has 0 spiro atoms. The van der Waals surface area contributed by atoms with Crippen molar-refractivity contribution in [3.8, 4) is 0 Å². The summed E-state index contributed by atoms with van der Waals surface area (Å²) in [6.07, 6.45) is 83.3. The van der Waals surface area contributed by atoms with Gasteiger partial charge in [0.2, 0.25) is 11.4 Å². The number of unbranched alkanes of at least 4 members (excludes halogenated alkanes) is 47. The zero-order chi connectivity index (χ0) is 64.8. The smallest absolute Gasteiger partial charge is 0.0654 e. The molecule has 2 nitrogen and oxygen atoms in total. The second kappa shape index (κ2) is 63.1. The summed E-state index contributed by atoms with van der Waals surface area (Å²) < 4.78 is 1.69. The molecule has 1 aliphatic rings. The van der Waals surface area contributed by atoms with Crippen molar-refractivity contribution < 1.29 is 19.1 Å². The third kappa shape index (κ3) is 43.9. The van der Waals surface area contributed by atoms with E-state index in [1.165, 1.54) is 408 Å². The topological polar surface area (TPSA) is 25.3 Å². The van der Waals surface area contributed by atoms with Crippen molar-refractivity contribution in [3.63, 3.8) is 0 Å². The first-order chi connectivity index (χ1) is 44.4. The van der Waals surface area contributed by atoms with E-state index in [1.54, 1.807) is 4.70 Å². The van der Waals surface area contributed by atoms with Crippen LogP contribution >= 0.6 is 0 Å². The molecule has 2 aromatic carbocycles. The zero-order valence-electron chi connectivity index (χ0n) is 62.2. The predicted octanol–water partition coefficient (Wildman–Crippen LogP) is 31.3. The van der Waals surface area contributed by atoms with Crippen LogP contribution in [0, 0.1) is 0 Å². The van der Waals surface area contributed by atoms with Gasteiger partial charge in [-0.25, -0.2) is 4.70 Å². The predicted molar refractivity (Wildman–Crippen MR) is 403 cm³/mol. The van der Waals surface area contributed by atoms with Crippen LogP contribution in [0.15, 0.2) is 47.5 Å². The van der Waals surface area contributed by atoms with Crippen LogP contribution in [0.4, 0.5) is 0 Å². The molecule has 0 radical (unpaired) electrons. The Kier molecular flexibility index (Phi) is 59.0. The van der Waals surface area contributed by atoms with E-state index in [9.17, 15) is 5.53 Å². The molecule has 0 saturated carbocycles. The van der Waals surface area contributed by atoms with Gasteiger partial charge in [0, 0.05) is 22.3 Å². The fourth-order valence-corrected chi connectivity index (χ4v) is 15.1. The number of nitrogens with zero attached hydrogens (tertiary/aromatic N) is 2. The number of hydrogen-bond acceptors (Lipinski definition) is 0. The normalized spacial score (nSPS) is 12.6. The Morgan fingerprint density at radius 3 is 0.622 bits per heavy atom. The van der Waals surface area contributed by atoms with Crippen LogP contribution in [-0.4, -0.2) is 4.70 Å². The molecule has 0 atom stereocenters. The molecule has 0 N–H and O–H groups in total. The van der Waals surface area contributed by atoms with Gasteiger partial charge in [0.15, 0.2) is 0 Å². The molecule has 0 unspecified atom stereocenters. The van der Waals surface area contributed by atoms with Crippen molar-refractivity contribution in [1.29, 1.82) is 0 Å². The Labute approximate surface area is 571 Å². The van der Waals surface area contributed by atoms with Gasteiger partial charge >= 0.3 is 166 Å². The molecule has 0 aromatic heterocycles. The molecule has 0 fully saturated rings. The number of rotatable bonds is 65. The molecule has 0 bridgehead atoms. The average Bonchev–Trinajstić information content (AvgIpc) is 1.62. The molecule has 3 heteroatoms. The van der Waals surface area contributed by atoms with Gasteiger partial charge in [0.05, 0.1) is 0 Å². The summed E-state index contributed by atoms with van der Waals surface area (Å²) in [4.78, 5) is 0. The first-order valence-corrected chi connectivity index (χ1v) is 42.5. The molecular formula is C87H156N2Ni. The Hall–Kier alpha value is -1.99. The maximum absolute atomic E-state index is 12.7. The Bertz CT molecular complexity index is 1900. The molecular weight excluding hydrogens is 1130 g/mol. The van der Waals surface area contributed by atoms with Crippen molar-refractivity contribution in [3.05, 3.63) is 86.5 Å². The van der Waals surface area contributed by atoms with E-state index >= 15 is 0 Å². The minimum absolute atomic E-state index is 1.05. The van der Waals surface area contributed by atoms with Gasteiger partial charge in [-0.15, -0.1) is 0 Å². The summed E-state index contributed by atoms with van der Waals surface area (Å²) in [5.41, 5.74) is 25.9. The monoisotopic (exact) mass is 1290 g/mol. The van der Waals surface area contributed by atoms with Crippen molar-refractivity contribution in [1.82, 2.24) is 0 Å². The molecule has 0 saturated heterocycles.